The average molecular weight is 296 g/mol. The predicted molar refractivity (Wildman–Crippen MR) is 89.7 cm³/mol. The highest BCUT2D eigenvalue weighted by Crippen LogP contribution is 2.40. The molecule has 3 nitrogen and oxygen atoms in total. The van der Waals surface area contributed by atoms with E-state index in [0.29, 0.717) is 5.41 Å². The highest BCUT2D eigenvalue weighted by molar-refractivity contribution is 4.92. The van der Waals surface area contributed by atoms with Crippen LogP contribution in [0.2, 0.25) is 0 Å². The Kier molecular flexibility index (Phi) is 6.97. The summed E-state index contributed by atoms with van der Waals surface area (Å²) in [5.41, 5.74) is 0.512. The van der Waals surface area contributed by atoms with E-state index in [2.05, 4.69) is 24.1 Å². The van der Waals surface area contributed by atoms with Crippen molar-refractivity contribution in [1.82, 2.24) is 10.2 Å². The molecule has 1 aliphatic carbocycles. The largest absolute Gasteiger partial charge is 0.383 e. The van der Waals surface area contributed by atoms with Gasteiger partial charge < -0.3 is 10.1 Å². The monoisotopic (exact) mass is 296 g/mol. The molecule has 2 aliphatic rings. The molecule has 0 aromatic heterocycles. The van der Waals surface area contributed by atoms with Gasteiger partial charge in [-0.3, -0.25) is 4.90 Å². The quantitative estimate of drug-likeness (QED) is 0.696. The fourth-order valence-electron chi connectivity index (χ4n) is 4.29. The summed E-state index contributed by atoms with van der Waals surface area (Å²) in [6, 6.07) is 0.847. The van der Waals surface area contributed by atoms with Gasteiger partial charge in [0.2, 0.25) is 0 Å². The minimum Gasteiger partial charge on any atom is -0.383 e. The van der Waals surface area contributed by atoms with Crippen LogP contribution in [0, 0.1) is 11.3 Å². The van der Waals surface area contributed by atoms with E-state index >= 15 is 0 Å². The smallest absolute Gasteiger partial charge is 0.0587 e. The third-order valence-electron chi connectivity index (χ3n) is 5.83. The fourth-order valence-corrected chi connectivity index (χ4v) is 4.29. The van der Waals surface area contributed by atoms with Crippen molar-refractivity contribution in [2.24, 2.45) is 11.3 Å². The summed E-state index contributed by atoms with van der Waals surface area (Å²) in [6.45, 7) is 10.4. The molecule has 0 spiro atoms. The number of hydrogen-bond acceptors (Lipinski definition) is 3. The van der Waals surface area contributed by atoms with Crippen molar-refractivity contribution in [3.05, 3.63) is 0 Å². The van der Waals surface area contributed by atoms with Gasteiger partial charge in [0, 0.05) is 32.8 Å². The first kappa shape index (κ1) is 17.2. The summed E-state index contributed by atoms with van der Waals surface area (Å²) in [5, 5.41) is 3.67. The Morgan fingerprint density at radius 1 is 1.24 bits per heavy atom. The van der Waals surface area contributed by atoms with Gasteiger partial charge >= 0.3 is 0 Å². The van der Waals surface area contributed by atoms with E-state index in [1.807, 2.05) is 0 Å². The summed E-state index contributed by atoms with van der Waals surface area (Å²) in [4.78, 5) is 2.80. The van der Waals surface area contributed by atoms with Crippen LogP contribution in [0.15, 0.2) is 0 Å². The maximum atomic E-state index is 5.18. The van der Waals surface area contributed by atoms with E-state index < -0.39 is 0 Å². The Morgan fingerprint density at radius 2 is 2.00 bits per heavy atom. The van der Waals surface area contributed by atoms with Crippen LogP contribution in [0.3, 0.4) is 0 Å². The second-order valence-corrected chi connectivity index (χ2v) is 7.53. The first-order chi connectivity index (χ1) is 10.2. The van der Waals surface area contributed by atoms with Crippen molar-refractivity contribution in [3.8, 4) is 0 Å². The van der Waals surface area contributed by atoms with E-state index in [4.69, 9.17) is 4.74 Å². The summed E-state index contributed by atoms with van der Waals surface area (Å²) < 4.78 is 5.18. The van der Waals surface area contributed by atoms with Crippen molar-refractivity contribution in [3.63, 3.8) is 0 Å². The number of nitrogens with one attached hydrogen (secondary N) is 1. The van der Waals surface area contributed by atoms with E-state index in [9.17, 15) is 0 Å². The Balaban J connectivity index is 1.91. The normalized spacial score (nSPS) is 34.4. The van der Waals surface area contributed by atoms with Gasteiger partial charge in [-0.2, -0.15) is 0 Å². The van der Waals surface area contributed by atoms with E-state index in [1.54, 1.807) is 7.11 Å². The summed E-state index contributed by atoms with van der Waals surface area (Å²) in [5.74, 6) is 0.928. The fraction of sp³-hybridized carbons (Fsp3) is 1.00. The molecular weight excluding hydrogens is 260 g/mol. The van der Waals surface area contributed by atoms with Gasteiger partial charge in [-0.1, -0.05) is 26.7 Å². The van der Waals surface area contributed by atoms with Gasteiger partial charge in [0.15, 0.2) is 0 Å². The Labute approximate surface area is 131 Å². The van der Waals surface area contributed by atoms with E-state index in [-0.39, 0.29) is 0 Å². The lowest BCUT2D eigenvalue weighted by Gasteiger charge is -2.43. The lowest BCUT2D eigenvalue weighted by atomic mass is 9.70. The SMILES string of the molecule is CCC1CCCN1CC1(CNCCOC)CCC(C)CC1. The lowest BCUT2D eigenvalue weighted by molar-refractivity contribution is 0.0768. The van der Waals surface area contributed by atoms with Gasteiger partial charge in [0.05, 0.1) is 6.61 Å². The predicted octanol–water partition coefficient (Wildman–Crippen LogP) is 3.29. The Bertz CT molecular complexity index is 287. The van der Waals surface area contributed by atoms with Gasteiger partial charge in [0.25, 0.3) is 0 Å². The third-order valence-corrected chi connectivity index (χ3v) is 5.83. The molecule has 1 atom stereocenters. The van der Waals surface area contributed by atoms with E-state index in [0.717, 1.165) is 25.1 Å². The molecule has 124 valence electrons. The van der Waals surface area contributed by atoms with Gasteiger partial charge in [-0.25, -0.2) is 0 Å². The zero-order valence-electron chi connectivity index (χ0n) is 14.5. The standard InChI is InChI=1S/C18H36N2O/c1-4-17-6-5-12-20(17)15-18(14-19-11-13-21-3)9-7-16(2)8-10-18/h16-17,19H,4-15H2,1-3H3. The number of rotatable bonds is 8. The molecule has 1 N–H and O–H groups in total. The van der Waals surface area contributed by atoms with Gasteiger partial charge in [-0.15, -0.1) is 0 Å². The molecule has 0 aromatic carbocycles. The number of ether oxygens (including phenoxy) is 1. The first-order valence-corrected chi connectivity index (χ1v) is 9.13. The van der Waals surface area contributed by atoms with Crippen LogP contribution in [-0.4, -0.2) is 50.8 Å². The highest BCUT2D eigenvalue weighted by atomic mass is 16.5. The van der Waals surface area contributed by atoms with Crippen molar-refractivity contribution in [2.45, 2.75) is 64.8 Å². The number of nitrogens with zero attached hydrogens (tertiary/aromatic N) is 1. The van der Waals surface area contributed by atoms with Crippen molar-refractivity contribution < 1.29 is 4.74 Å². The number of hydrogen-bond donors (Lipinski definition) is 1. The Morgan fingerprint density at radius 3 is 2.67 bits per heavy atom. The number of likely N-dealkylation sites (tertiary alicyclic amines) is 1. The van der Waals surface area contributed by atoms with E-state index in [1.165, 1.54) is 64.6 Å². The molecule has 0 amide bonds. The molecular formula is C18H36N2O. The first-order valence-electron chi connectivity index (χ1n) is 9.13. The van der Waals surface area contributed by atoms with Crippen LogP contribution in [-0.2, 0) is 4.74 Å². The van der Waals surface area contributed by atoms with Crippen LogP contribution in [0.4, 0.5) is 0 Å². The topological polar surface area (TPSA) is 24.5 Å². The summed E-state index contributed by atoms with van der Waals surface area (Å²) in [6.07, 6.45) is 9.78. The third kappa shape index (κ3) is 4.94. The van der Waals surface area contributed by atoms with Crippen molar-refractivity contribution in [2.75, 3.05) is 39.9 Å². The molecule has 21 heavy (non-hydrogen) atoms. The maximum Gasteiger partial charge on any atom is 0.0587 e. The van der Waals surface area contributed by atoms with Gasteiger partial charge in [-0.05, 0) is 50.0 Å². The molecule has 2 fully saturated rings. The Hall–Kier alpha value is -0.120. The molecule has 1 saturated carbocycles. The number of methoxy groups -OCH3 is 1. The molecule has 1 aliphatic heterocycles. The van der Waals surface area contributed by atoms with Crippen molar-refractivity contribution in [1.29, 1.82) is 0 Å². The minimum absolute atomic E-state index is 0.512. The maximum absolute atomic E-state index is 5.18. The van der Waals surface area contributed by atoms with Crippen LogP contribution in [0.5, 0.6) is 0 Å². The van der Waals surface area contributed by atoms with Crippen molar-refractivity contribution >= 4 is 0 Å². The average Bonchev–Trinajstić information content (AvgIpc) is 2.94. The minimum atomic E-state index is 0.512. The molecule has 3 heteroatoms. The molecule has 1 heterocycles. The lowest BCUT2D eigenvalue weighted by Crippen LogP contribution is -2.47. The summed E-state index contributed by atoms with van der Waals surface area (Å²) in [7, 11) is 1.79. The zero-order valence-corrected chi connectivity index (χ0v) is 14.5. The van der Waals surface area contributed by atoms with Crippen LogP contribution >= 0.6 is 0 Å². The van der Waals surface area contributed by atoms with Crippen LogP contribution < -0.4 is 5.32 Å². The molecule has 1 unspecified atom stereocenters. The van der Waals surface area contributed by atoms with Crippen LogP contribution in [0.1, 0.15) is 58.8 Å². The molecule has 1 saturated heterocycles. The molecule has 0 radical (unpaired) electrons. The second kappa shape index (κ2) is 8.50. The molecule has 2 rings (SSSR count). The molecule has 0 aromatic rings. The van der Waals surface area contributed by atoms with Crippen LogP contribution in [0.25, 0.3) is 0 Å². The second-order valence-electron chi connectivity index (χ2n) is 7.53. The van der Waals surface area contributed by atoms with Gasteiger partial charge in [0.1, 0.15) is 0 Å². The molecule has 0 bridgehead atoms. The highest BCUT2D eigenvalue weighted by Gasteiger charge is 2.37. The zero-order chi connectivity index (χ0) is 15.1. The summed E-state index contributed by atoms with van der Waals surface area (Å²) >= 11 is 0.